The molecule has 98 valence electrons. The van der Waals surface area contributed by atoms with Gasteiger partial charge in [-0.2, -0.15) is 5.10 Å². The van der Waals surface area contributed by atoms with Crippen molar-refractivity contribution in [3.05, 3.63) is 12.3 Å². The highest BCUT2D eigenvalue weighted by atomic mass is 16.1. The van der Waals surface area contributed by atoms with Crippen LogP contribution in [0.5, 0.6) is 0 Å². The molecule has 3 rings (SSSR count). The van der Waals surface area contributed by atoms with Gasteiger partial charge in [-0.25, -0.2) is 4.68 Å². The second kappa shape index (κ2) is 5.07. The van der Waals surface area contributed by atoms with E-state index < -0.39 is 0 Å². The Labute approximate surface area is 106 Å². The average Bonchev–Trinajstić information content (AvgIpc) is 2.89. The topological polar surface area (TPSA) is 71.0 Å². The van der Waals surface area contributed by atoms with E-state index in [9.17, 15) is 4.79 Å². The summed E-state index contributed by atoms with van der Waals surface area (Å²) in [5.74, 6) is 1.39. The van der Waals surface area contributed by atoms with Gasteiger partial charge in [0.25, 0.3) is 0 Å². The fraction of sp³-hybridized carbons (Fsp3) is 0.667. The van der Waals surface area contributed by atoms with Crippen LogP contribution in [0, 0.1) is 5.92 Å². The van der Waals surface area contributed by atoms with Crippen molar-refractivity contribution >= 4 is 11.7 Å². The number of hydrogen-bond donors (Lipinski definition) is 3. The Morgan fingerprint density at radius 3 is 3.00 bits per heavy atom. The number of carbonyl (C=O) groups excluding carboxylic acids is 1. The maximum Gasteiger partial charge on any atom is 0.225 e. The Morgan fingerprint density at radius 1 is 1.44 bits per heavy atom. The van der Waals surface area contributed by atoms with Crippen molar-refractivity contribution in [2.24, 2.45) is 5.92 Å². The second-order valence-electron chi connectivity index (χ2n) is 5.08. The van der Waals surface area contributed by atoms with Gasteiger partial charge in [0, 0.05) is 25.6 Å². The minimum Gasteiger partial charge on any atom is -0.316 e. The van der Waals surface area contributed by atoms with Crippen LogP contribution in [0.2, 0.25) is 0 Å². The highest BCUT2D eigenvalue weighted by Gasteiger charge is 2.23. The van der Waals surface area contributed by atoms with Gasteiger partial charge in [0.05, 0.1) is 12.2 Å². The Hall–Kier alpha value is -1.40. The second-order valence-corrected chi connectivity index (χ2v) is 5.08. The first kappa shape index (κ1) is 11.7. The smallest absolute Gasteiger partial charge is 0.225 e. The molecule has 1 atom stereocenters. The molecule has 3 heterocycles. The zero-order valence-electron chi connectivity index (χ0n) is 10.4. The summed E-state index contributed by atoms with van der Waals surface area (Å²) < 4.78 is 1.90. The van der Waals surface area contributed by atoms with E-state index in [2.05, 4.69) is 21.0 Å². The summed E-state index contributed by atoms with van der Waals surface area (Å²) >= 11 is 0. The number of nitrogens with zero attached hydrogens (tertiary/aromatic N) is 2. The molecule has 0 saturated carbocycles. The highest BCUT2D eigenvalue weighted by Crippen LogP contribution is 2.19. The molecule has 2 saturated heterocycles. The van der Waals surface area contributed by atoms with E-state index in [0.717, 1.165) is 38.4 Å². The van der Waals surface area contributed by atoms with Gasteiger partial charge in [-0.15, -0.1) is 0 Å². The summed E-state index contributed by atoms with van der Waals surface area (Å²) in [6.07, 6.45) is 3.44. The van der Waals surface area contributed by atoms with Gasteiger partial charge in [0.1, 0.15) is 5.82 Å². The molecule has 6 heteroatoms. The zero-order chi connectivity index (χ0) is 12.4. The molecule has 0 spiro atoms. The predicted octanol–water partition coefficient (Wildman–Crippen LogP) is -0.0345. The summed E-state index contributed by atoms with van der Waals surface area (Å²) in [5, 5.41) is 13.7. The van der Waals surface area contributed by atoms with Crippen LogP contribution in [0.4, 0.5) is 5.82 Å². The first-order chi connectivity index (χ1) is 8.83. The van der Waals surface area contributed by atoms with Gasteiger partial charge >= 0.3 is 0 Å². The number of carbonyl (C=O) groups is 1. The van der Waals surface area contributed by atoms with Crippen LogP contribution in [0.1, 0.15) is 18.9 Å². The summed E-state index contributed by atoms with van der Waals surface area (Å²) in [4.78, 5) is 12.0. The first-order valence-electron chi connectivity index (χ1n) is 6.58. The molecule has 0 aliphatic carbocycles. The molecule has 1 amide bonds. The Balaban J connectivity index is 1.57. The van der Waals surface area contributed by atoms with Crippen molar-refractivity contribution < 1.29 is 4.79 Å². The minimum atomic E-state index is 0.0951. The third-order valence-corrected chi connectivity index (χ3v) is 3.68. The van der Waals surface area contributed by atoms with E-state index in [1.54, 1.807) is 6.20 Å². The molecule has 6 nitrogen and oxygen atoms in total. The average molecular weight is 249 g/mol. The normalized spacial score (nSPS) is 23.9. The molecule has 0 radical (unpaired) electrons. The molecule has 2 fully saturated rings. The zero-order valence-corrected chi connectivity index (χ0v) is 10.4. The lowest BCUT2D eigenvalue weighted by molar-refractivity contribution is -0.117. The lowest BCUT2D eigenvalue weighted by atomic mass is 10.0. The number of amides is 1. The third-order valence-electron chi connectivity index (χ3n) is 3.68. The Morgan fingerprint density at radius 2 is 2.33 bits per heavy atom. The third kappa shape index (κ3) is 2.39. The standard InChI is InChI=1S/C12H19N5O/c18-12(5-9-1-3-13-6-9)16-11-2-4-15-17(11)10-7-14-8-10/h2,4,9-10,13-14H,1,3,5-8H2,(H,16,18)/t9-/m1/s1. The largest absolute Gasteiger partial charge is 0.316 e. The van der Waals surface area contributed by atoms with Crippen LogP contribution in [0.15, 0.2) is 12.3 Å². The molecule has 2 aliphatic rings. The molecule has 2 aliphatic heterocycles. The van der Waals surface area contributed by atoms with Gasteiger partial charge in [-0.3, -0.25) is 4.79 Å². The van der Waals surface area contributed by atoms with Crippen molar-refractivity contribution in [1.82, 2.24) is 20.4 Å². The lowest BCUT2D eigenvalue weighted by Crippen LogP contribution is -2.44. The fourth-order valence-corrected chi connectivity index (χ4v) is 2.50. The molecule has 0 unspecified atom stereocenters. The number of rotatable bonds is 4. The molecule has 18 heavy (non-hydrogen) atoms. The van der Waals surface area contributed by atoms with Gasteiger partial charge < -0.3 is 16.0 Å². The highest BCUT2D eigenvalue weighted by molar-refractivity contribution is 5.90. The maximum absolute atomic E-state index is 12.0. The molecule has 0 aromatic carbocycles. The van der Waals surface area contributed by atoms with E-state index in [1.807, 2.05) is 10.7 Å². The molecule has 1 aromatic rings. The van der Waals surface area contributed by atoms with Crippen molar-refractivity contribution in [2.75, 3.05) is 31.5 Å². The fourth-order valence-electron chi connectivity index (χ4n) is 2.50. The Bertz CT molecular complexity index is 420. The number of hydrogen-bond acceptors (Lipinski definition) is 4. The maximum atomic E-state index is 12.0. The molecular formula is C12H19N5O. The van der Waals surface area contributed by atoms with Gasteiger partial charge in [0.2, 0.25) is 5.91 Å². The van der Waals surface area contributed by atoms with E-state index in [0.29, 0.717) is 18.4 Å². The quantitative estimate of drug-likeness (QED) is 0.700. The lowest BCUT2D eigenvalue weighted by Gasteiger charge is -2.28. The SMILES string of the molecule is O=C(C[C@H]1CCNC1)Nc1ccnn1C1CNC1. The van der Waals surface area contributed by atoms with E-state index in [1.165, 1.54) is 0 Å². The van der Waals surface area contributed by atoms with Crippen molar-refractivity contribution in [3.63, 3.8) is 0 Å². The van der Waals surface area contributed by atoms with Crippen molar-refractivity contribution in [3.8, 4) is 0 Å². The van der Waals surface area contributed by atoms with Gasteiger partial charge in [0.15, 0.2) is 0 Å². The van der Waals surface area contributed by atoms with Gasteiger partial charge in [-0.1, -0.05) is 0 Å². The summed E-state index contributed by atoms with van der Waals surface area (Å²) in [7, 11) is 0. The number of anilines is 1. The minimum absolute atomic E-state index is 0.0951. The van der Waals surface area contributed by atoms with E-state index >= 15 is 0 Å². The predicted molar refractivity (Wildman–Crippen MR) is 68.4 cm³/mol. The summed E-state index contributed by atoms with van der Waals surface area (Å²) in [5.41, 5.74) is 0. The van der Waals surface area contributed by atoms with Crippen LogP contribution in [-0.4, -0.2) is 41.9 Å². The monoisotopic (exact) mass is 249 g/mol. The van der Waals surface area contributed by atoms with Crippen molar-refractivity contribution in [1.29, 1.82) is 0 Å². The Kier molecular flexibility index (Phi) is 3.29. The van der Waals surface area contributed by atoms with Crippen LogP contribution in [-0.2, 0) is 4.79 Å². The van der Waals surface area contributed by atoms with Crippen LogP contribution >= 0.6 is 0 Å². The molecular weight excluding hydrogens is 230 g/mol. The van der Waals surface area contributed by atoms with Gasteiger partial charge in [-0.05, 0) is 25.4 Å². The summed E-state index contributed by atoms with van der Waals surface area (Å²) in [6.45, 7) is 3.84. The van der Waals surface area contributed by atoms with Crippen LogP contribution in [0.3, 0.4) is 0 Å². The summed E-state index contributed by atoms with van der Waals surface area (Å²) in [6, 6.07) is 2.24. The molecule has 0 bridgehead atoms. The van der Waals surface area contributed by atoms with E-state index in [4.69, 9.17) is 0 Å². The molecule has 1 aromatic heterocycles. The van der Waals surface area contributed by atoms with E-state index in [-0.39, 0.29) is 5.91 Å². The number of aromatic nitrogens is 2. The van der Waals surface area contributed by atoms with Crippen LogP contribution < -0.4 is 16.0 Å². The molecule has 3 N–H and O–H groups in total. The first-order valence-corrected chi connectivity index (χ1v) is 6.58. The van der Waals surface area contributed by atoms with Crippen LogP contribution in [0.25, 0.3) is 0 Å². The number of nitrogens with one attached hydrogen (secondary N) is 3. The van der Waals surface area contributed by atoms with Crippen molar-refractivity contribution in [2.45, 2.75) is 18.9 Å².